The van der Waals surface area contributed by atoms with Crippen molar-refractivity contribution in [1.29, 1.82) is 0 Å². The Labute approximate surface area is 136 Å². The first kappa shape index (κ1) is 17.5. The average Bonchev–Trinajstić information content (AvgIpc) is 2.44. The lowest BCUT2D eigenvalue weighted by molar-refractivity contribution is 0.175. The van der Waals surface area contributed by atoms with Crippen LogP contribution in [0.3, 0.4) is 0 Å². The molecule has 1 aromatic rings. The van der Waals surface area contributed by atoms with Gasteiger partial charge in [-0.25, -0.2) is 0 Å². The number of nitrogens with zero attached hydrogens (tertiary/aromatic N) is 1. The average molecular weight is 335 g/mol. The van der Waals surface area contributed by atoms with Gasteiger partial charge < -0.3 is 15.0 Å². The number of hydrogen-bond acceptors (Lipinski definition) is 2. The molecule has 0 amide bonds. The molecule has 0 spiro atoms. The number of benzene rings is 1. The van der Waals surface area contributed by atoms with Gasteiger partial charge in [0.15, 0.2) is 5.11 Å². The number of methoxy groups -OCH3 is 1. The van der Waals surface area contributed by atoms with Crippen molar-refractivity contribution < 1.29 is 4.74 Å². The second-order valence-corrected chi connectivity index (χ2v) is 5.59. The first-order chi connectivity index (χ1) is 9.58. The minimum Gasteiger partial charge on any atom is -0.383 e. The van der Waals surface area contributed by atoms with Crippen LogP contribution < -0.4 is 5.32 Å². The molecule has 20 heavy (non-hydrogen) atoms. The normalized spacial score (nSPS) is 10.4. The number of hydrogen-bond donors (Lipinski definition) is 1. The van der Waals surface area contributed by atoms with Gasteiger partial charge in [0.1, 0.15) is 0 Å². The highest BCUT2D eigenvalue weighted by Gasteiger charge is 2.08. The van der Waals surface area contributed by atoms with Crippen molar-refractivity contribution in [2.24, 2.45) is 0 Å². The largest absolute Gasteiger partial charge is 0.383 e. The smallest absolute Gasteiger partial charge is 0.169 e. The molecule has 1 N–H and O–H groups in total. The Morgan fingerprint density at radius 2 is 2.05 bits per heavy atom. The van der Waals surface area contributed by atoms with E-state index in [2.05, 4.69) is 17.1 Å². The summed E-state index contributed by atoms with van der Waals surface area (Å²) in [5, 5.41) is 5.09. The number of nitrogens with one attached hydrogen (secondary N) is 1. The molecule has 0 fully saturated rings. The lowest BCUT2D eigenvalue weighted by atomic mass is 10.2. The van der Waals surface area contributed by atoms with Crippen LogP contribution in [0.5, 0.6) is 0 Å². The third kappa shape index (κ3) is 5.83. The van der Waals surface area contributed by atoms with E-state index < -0.39 is 0 Å². The summed E-state index contributed by atoms with van der Waals surface area (Å²) in [6.07, 6.45) is 1.04. The van der Waals surface area contributed by atoms with Gasteiger partial charge in [0, 0.05) is 26.7 Å². The van der Waals surface area contributed by atoms with Crippen LogP contribution in [-0.2, 0) is 11.3 Å². The summed E-state index contributed by atoms with van der Waals surface area (Å²) in [6, 6.07) is 5.57. The van der Waals surface area contributed by atoms with Crippen LogP contribution in [0, 0.1) is 0 Å². The number of rotatable bonds is 7. The predicted octanol–water partition coefficient (Wildman–Crippen LogP) is 3.73. The molecule has 1 rings (SSSR count). The highest BCUT2D eigenvalue weighted by atomic mass is 35.5. The zero-order chi connectivity index (χ0) is 15.0. The summed E-state index contributed by atoms with van der Waals surface area (Å²) in [7, 11) is 1.69. The standard InChI is InChI=1S/C14H20Cl2N2OS/c1-3-6-18(7-8-19-2)14(20)17-10-11-4-5-12(15)13(16)9-11/h4-5,9H,3,6-8,10H2,1-2H3,(H,17,20). The molecular formula is C14H20Cl2N2OS. The van der Waals surface area contributed by atoms with E-state index in [1.807, 2.05) is 12.1 Å². The van der Waals surface area contributed by atoms with Gasteiger partial charge >= 0.3 is 0 Å². The van der Waals surface area contributed by atoms with Gasteiger partial charge in [0.2, 0.25) is 0 Å². The van der Waals surface area contributed by atoms with Crippen molar-refractivity contribution in [1.82, 2.24) is 10.2 Å². The van der Waals surface area contributed by atoms with Crippen LogP contribution in [0.4, 0.5) is 0 Å². The van der Waals surface area contributed by atoms with Crippen LogP contribution in [0.15, 0.2) is 18.2 Å². The Balaban J connectivity index is 2.52. The van der Waals surface area contributed by atoms with Gasteiger partial charge in [0.25, 0.3) is 0 Å². The number of halogens is 2. The van der Waals surface area contributed by atoms with Crippen LogP contribution in [0.2, 0.25) is 10.0 Å². The molecule has 0 aliphatic heterocycles. The Kier molecular flexibility index (Phi) is 8.22. The molecule has 0 atom stereocenters. The first-order valence-corrected chi connectivity index (χ1v) is 7.70. The predicted molar refractivity (Wildman–Crippen MR) is 89.6 cm³/mol. The summed E-state index contributed by atoms with van der Waals surface area (Å²) in [6.45, 7) is 5.12. The molecule has 0 saturated carbocycles. The number of ether oxygens (including phenoxy) is 1. The molecule has 0 bridgehead atoms. The maximum Gasteiger partial charge on any atom is 0.169 e. The summed E-state index contributed by atoms with van der Waals surface area (Å²) < 4.78 is 5.10. The van der Waals surface area contributed by atoms with Crippen molar-refractivity contribution >= 4 is 40.5 Å². The monoisotopic (exact) mass is 334 g/mol. The van der Waals surface area contributed by atoms with Crippen molar-refractivity contribution in [2.45, 2.75) is 19.9 Å². The Morgan fingerprint density at radius 3 is 2.65 bits per heavy atom. The highest BCUT2D eigenvalue weighted by Crippen LogP contribution is 2.22. The first-order valence-electron chi connectivity index (χ1n) is 6.54. The maximum absolute atomic E-state index is 5.99. The third-order valence-electron chi connectivity index (χ3n) is 2.77. The van der Waals surface area contributed by atoms with Crippen LogP contribution in [0.25, 0.3) is 0 Å². The minimum absolute atomic E-state index is 0.557. The molecule has 0 saturated heterocycles. The van der Waals surface area contributed by atoms with Gasteiger partial charge in [-0.1, -0.05) is 36.2 Å². The van der Waals surface area contributed by atoms with E-state index in [1.165, 1.54) is 0 Å². The maximum atomic E-state index is 5.99. The van der Waals surface area contributed by atoms with Crippen molar-refractivity contribution in [3.05, 3.63) is 33.8 Å². The molecule has 0 aliphatic rings. The summed E-state index contributed by atoms with van der Waals surface area (Å²) in [4.78, 5) is 2.11. The fourth-order valence-corrected chi connectivity index (χ4v) is 2.30. The van der Waals surface area contributed by atoms with Crippen molar-refractivity contribution in [2.75, 3.05) is 26.8 Å². The van der Waals surface area contributed by atoms with E-state index in [-0.39, 0.29) is 0 Å². The SMILES string of the molecule is CCCN(CCOC)C(=S)NCc1ccc(Cl)c(Cl)c1. The third-order valence-corrected chi connectivity index (χ3v) is 3.92. The van der Waals surface area contributed by atoms with Crippen LogP contribution >= 0.6 is 35.4 Å². The van der Waals surface area contributed by atoms with Crippen molar-refractivity contribution in [3.63, 3.8) is 0 Å². The molecule has 112 valence electrons. The minimum atomic E-state index is 0.557. The lowest BCUT2D eigenvalue weighted by Gasteiger charge is -2.25. The lowest BCUT2D eigenvalue weighted by Crippen LogP contribution is -2.41. The highest BCUT2D eigenvalue weighted by molar-refractivity contribution is 7.80. The summed E-state index contributed by atoms with van der Waals surface area (Å²) in [5.41, 5.74) is 1.05. The van der Waals surface area contributed by atoms with Gasteiger partial charge in [-0.15, -0.1) is 0 Å². The molecule has 3 nitrogen and oxygen atoms in total. The molecule has 1 aromatic carbocycles. The molecule has 0 heterocycles. The Morgan fingerprint density at radius 1 is 1.30 bits per heavy atom. The van der Waals surface area contributed by atoms with E-state index in [1.54, 1.807) is 13.2 Å². The molecular weight excluding hydrogens is 315 g/mol. The fourth-order valence-electron chi connectivity index (χ4n) is 1.73. The Hall–Kier alpha value is -0.550. The van der Waals surface area contributed by atoms with Gasteiger partial charge in [0.05, 0.1) is 16.7 Å². The van der Waals surface area contributed by atoms with Gasteiger partial charge in [-0.2, -0.15) is 0 Å². The van der Waals surface area contributed by atoms with E-state index in [9.17, 15) is 0 Å². The van der Waals surface area contributed by atoms with E-state index >= 15 is 0 Å². The van der Waals surface area contributed by atoms with Crippen LogP contribution in [-0.4, -0.2) is 36.8 Å². The molecule has 0 aromatic heterocycles. The van der Waals surface area contributed by atoms with Gasteiger partial charge in [-0.3, -0.25) is 0 Å². The molecule has 0 aliphatic carbocycles. The number of thiocarbonyl (C=S) groups is 1. The van der Waals surface area contributed by atoms with Gasteiger partial charge in [-0.05, 0) is 36.3 Å². The molecule has 0 radical (unpaired) electrons. The summed E-state index contributed by atoms with van der Waals surface area (Å²) >= 11 is 17.3. The molecule has 6 heteroatoms. The van der Waals surface area contributed by atoms with Crippen LogP contribution in [0.1, 0.15) is 18.9 Å². The topological polar surface area (TPSA) is 24.5 Å². The quantitative estimate of drug-likeness (QED) is 0.768. The second-order valence-electron chi connectivity index (χ2n) is 4.39. The zero-order valence-electron chi connectivity index (χ0n) is 11.8. The summed E-state index contributed by atoms with van der Waals surface area (Å²) in [5.74, 6) is 0. The molecule has 0 unspecified atom stereocenters. The van der Waals surface area contributed by atoms with E-state index in [4.69, 9.17) is 40.2 Å². The van der Waals surface area contributed by atoms with E-state index in [0.717, 1.165) is 30.2 Å². The second kappa shape index (κ2) is 9.40. The van der Waals surface area contributed by atoms with Crippen molar-refractivity contribution in [3.8, 4) is 0 Å². The van der Waals surface area contributed by atoms with E-state index in [0.29, 0.717) is 23.2 Å². The zero-order valence-corrected chi connectivity index (χ0v) is 14.1. The fraction of sp³-hybridized carbons (Fsp3) is 0.500. The Bertz CT molecular complexity index is 443.